The summed E-state index contributed by atoms with van der Waals surface area (Å²) in [4.78, 5) is 11.9. The van der Waals surface area contributed by atoms with Gasteiger partial charge in [0, 0.05) is 18.7 Å². The summed E-state index contributed by atoms with van der Waals surface area (Å²) in [5, 5.41) is 2.88. The van der Waals surface area contributed by atoms with E-state index in [4.69, 9.17) is 10.5 Å². The van der Waals surface area contributed by atoms with Crippen LogP contribution in [0.15, 0.2) is 24.3 Å². The van der Waals surface area contributed by atoms with Gasteiger partial charge in [-0.25, -0.2) is 4.39 Å². The summed E-state index contributed by atoms with van der Waals surface area (Å²) in [5.74, 6) is 0.239. The first kappa shape index (κ1) is 16.7. The van der Waals surface area contributed by atoms with Crippen LogP contribution in [0, 0.1) is 11.7 Å². The van der Waals surface area contributed by atoms with E-state index in [2.05, 4.69) is 5.32 Å². The quantitative estimate of drug-likeness (QED) is 0.843. The van der Waals surface area contributed by atoms with E-state index in [1.54, 1.807) is 19.1 Å². The van der Waals surface area contributed by atoms with Crippen LogP contribution >= 0.6 is 12.4 Å². The Kier molecular flexibility index (Phi) is 6.23. The van der Waals surface area contributed by atoms with Crippen LogP contribution in [-0.4, -0.2) is 24.6 Å². The van der Waals surface area contributed by atoms with E-state index in [0.29, 0.717) is 18.2 Å². The van der Waals surface area contributed by atoms with Crippen molar-refractivity contribution < 1.29 is 13.9 Å². The van der Waals surface area contributed by atoms with Crippen LogP contribution in [-0.2, 0) is 4.79 Å². The van der Waals surface area contributed by atoms with Crippen LogP contribution in [0.4, 0.5) is 4.39 Å². The Morgan fingerprint density at radius 1 is 1.55 bits per heavy atom. The van der Waals surface area contributed by atoms with Crippen LogP contribution in [0.25, 0.3) is 0 Å². The highest BCUT2D eigenvalue weighted by atomic mass is 35.5. The standard InChI is InChI=1S/C14H19FN2O2.ClH/c1-9(19-12-4-2-3-11(15)7-12)14(18)17-13(8-16)10-5-6-10;/h2-4,7,9-10,13H,5-6,8,16H2,1H3,(H,17,18);1H. The highest BCUT2D eigenvalue weighted by molar-refractivity contribution is 5.85. The molecule has 2 rings (SSSR count). The Labute approximate surface area is 124 Å². The van der Waals surface area contributed by atoms with Crippen molar-refractivity contribution in [2.75, 3.05) is 6.54 Å². The monoisotopic (exact) mass is 302 g/mol. The molecule has 0 spiro atoms. The third-order valence-electron chi connectivity index (χ3n) is 3.25. The summed E-state index contributed by atoms with van der Waals surface area (Å²) in [6.45, 7) is 2.07. The van der Waals surface area contributed by atoms with Gasteiger partial charge in [-0.2, -0.15) is 0 Å². The molecule has 1 amide bonds. The molecule has 1 fully saturated rings. The van der Waals surface area contributed by atoms with Crippen molar-refractivity contribution in [2.24, 2.45) is 11.7 Å². The first-order valence-electron chi connectivity index (χ1n) is 6.53. The molecule has 0 aromatic heterocycles. The Balaban J connectivity index is 0.00000200. The van der Waals surface area contributed by atoms with Crippen LogP contribution in [0.5, 0.6) is 5.75 Å². The number of halogens is 2. The SMILES string of the molecule is CC(Oc1cccc(F)c1)C(=O)NC(CN)C1CC1.Cl. The maximum absolute atomic E-state index is 13.0. The smallest absolute Gasteiger partial charge is 0.261 e. The molecule has 1 saturated carbocycles. The van der Waals surface area contributed by atoms with Gasteiger partial charge in [0.25, 0.3) is 5.91 Å². The van der Waals surface area contributed by atoms with Crippen molar-refractivity contribution in [3.8, 4) is 5.75 Å². The molecule has 0 heterocycles. The van der Waals surface area contributed by atoms with Gasteiger partial charge in [0.2, 0.25) is 0 Å². The third kappa shape index (κ3) is 4.65. The van der Waals surface area contributed by atoms with Gasteiger partial charge in [-0.15, -0.1) is 12.4 Å². The predicted molar refractivity (Wildman–Crippen MR) is 77.4 cm³/mol. The van der Waals surface area contributed by atoms with E-state index < -0.39 is 6.10 Å². The number of benzene rings is 1. The lowest BCUT2D eigenvalue weighted by Gasteiger charge is -2.20. The topological polar surface area (TPSA) is 64.3 Å². The molecule has 3 N–H and O–H groups in total. The summed E-state index contributed by atoms with van der Waals surface area (Å²) in [5.41, 5.74) is 5.63. The Bertz CT molecular complexity index is 455. The second-order valence-corrected chi connectivity index (χ2v) is 4.91. The molecule has 2 atom stereocenters. The van der Waals surface area contributed by atoms with Gasteiger partial charge in [0.1, 0.15) is 11.6 Å². The van der Waals surface area contributed by atoms with Crippen LogP contribution in [0.3, 0.4) is 0 Å². The summed E-state index contributed by atoms with van der Waals surface area (Å²) >= 11 is 0. The van der Waals surface area contributed by atoms with Crippen LogP contribution in [0.2, 0.25) is 0 Å². The summed E-state index contributed by atoms with van der Waals surface area (Å²) in [7, 11) is 0. The maximum Gasteiger partial charge on any atom is 0.261 e. The largest absolute Gasteiger partial charge is 0.481 e. The van der Waals surface area contributed by atoms with Gasteiger partial charge in [0.15, 0.2) is 6.10 Å². The van der Waals surface area contributed by atoms with E-state index in [1.165, 1.54) is 12.1 Å². The van der Waals surface area contributed by atoms with Crippen LogP contribution < -0.4 is 15.8 Å². The molecule has 0 bridgehead atoms. The number of ether oxygens (including phenoxy) is 1. The lowest BCUT2D eigenvalue weighted by molar-refractivity contribution is -0.128. The molecule has 6 heteroatoms. The lowest BCUT2D eigenvalue weighted by Crippen LogP contribution is -2.46. The van der Waals surface area contributed by atoms with Crippen molar-refractivity contribution >= 4 is 18.3 Å². The number of hydrogen-bond donors (Lipinski definition) is 2. The highest BCUT2D eigenvalue weighted by Crippen LogP contribution is 2.32. The maximum atomic E-state index is 13.0. The molecular formula is C14H20ClFN2O2. The van der Waals surface area contributed by atoms with Crippen molar-refractivity contribution in [2.45, 2.75) is 31.9 Å². The Morgan fingerprint density at radius 2 is 2.25 bits per heavy atom. The molecule has 1 aromatic carbocycles. The van der Waals surface area contributed by atoms with Gasteiger partial charge in [-0.1, -0.05) is 6.07 Å². The Morgan fingerprint density at radius 3 is 2.80 bits per heavy atom. The average molecular weight is 303 g/mol. The van der Waals surface area contributed by atoms with Gasteiger partial charge in [-0.3, -0.25) is 4.79 Å². The summed E-state index contributed by atoms with van der Waals surface area (Å²) < 4.78 is 18.4. The molecule has 20 heavy (non-hydrogen) atoms. The Hall–Kier alpha value is -1.33. The summed E-state index contributed by atoms with van der Waals surface area (Å²) in [6, 6.07) is 5.77. The number of nitrogens with one attached hydrogen (secondary N) is 1. The van der Waals surface area contributed by atoms with Crippen molar-refractivity contribution in [3.05, 3.63) is 30.1 Å². The molecule has 2 unspecified atom stereocenters. The normalized spacial score (nSPS) is 16.8. The number of nitrogens with two attached hydrogens (primary N) is 1. The van der Waals surface area contributed by atoms with E-state index in [-0.39, 0.29) is 30.2 Å². The zero-order chi connectivity index (χ0) is 13.8. The van der Waals surface area contributed by atoms with Gasteiger partial charge < -0.3 is 15.8 Å². The number of carbonyl (C=O) groups is 1. The molecule has 0 saturated heterocycles. The predicted octanol–water partition coefficient (Wildman–Crippen LogP) is 1.87. The minimum atomic E-state index is -0.672. The lowest BCUT2D eigenvalue weighted by atomic mass is 10.2. The molecule has 1 aliphatic rings. The first-order chi connectivity index (χ1) is 9.10. The van der Waals surface area contributed by atoms with Crippen molar-refractivity contribution in [1.29, 1.82) is 0 Å². The first-order valence-corrected chi connectivity index (χ1v) is 6.53. The minimum absolute atomic E-state index is 0. The molecule has 112 valence electrons. The second-order valence-electron chi connectivity index (χ2n) is 4.91. The third-order valence-corrected chi connectivity index (χ3v) is 3.25. The van der Waals surface area contributed by atoms with E-state index in [9.17, 15) is 9.18 Å². The number of amides is 1. The number of hydrogen-bond acceptors (Lipinski definition) is 3. The molecule has 1 aliphatic carbocycles. The molecular weight excluding hydrogens is 283 g/mol. The fourth-order valence-electron chi connectivity index (χ4n) is 1.97. The fraction of sp³-hybridized carbons (Fsp3) is 0.500. The zero-order valence-electron chi connectivity index (χ0n) is 11.3. The average Bonchev–Trinajstić information content (AvgIpc) is 3.19. The number of carbonyl (C=O) groups excluding carboxylic acids is 1. The molecule has 4 nitrogen and oxygen atoms in total. The minimum Gasteiger partial charge on any atom is -0.481 e. The number of rotatable bonds is 6. The van der Waals surface area contributed by atoms with E-state index in [0.717, 1.165) is 12.8 Å². The summed E-state index contributed by atoms with van der Waals surface area (Å²) in [6.07, 6.45) is 1.55. The van der Waals surface area contributed by atoms with Crippen molar-refractivity contribution in [3.63, 3.8) is 0 Å². The second kappa shape index (κ2) is 7.45. The fourth-order valence-corrected chi connectivity index (χ4v) is 1.97. The highest BCUT2D eigenvalue weighted by Gasteiger charge is 2.32. The van der Waals surface area contributed by atoms with Gasteiger partial charge >= 0.3 is 0 Å². The zero-order valence-corrected chi connectivity index (χ0v) is 12.2. The van der Waals surface area contributed by atoms with Gasteiger partial charge in [-0.05, 0) is 37.8 Å². The van der Waals surface area contributed by atoms with Gasteiger partial charge in [0.05, 0.1) is 0 Å². The van der Waals surface area contributed by atoms with Crippen LogP contribution in [0.1, 0.15) is 19.8 Å². The molecule has 0 aliphatic heterocycles. The van der Waals surface area contributed by atoms with E-state index >= 15 is 0 Å². The van der Waals surface area contributed by atoms with E-state index in [1.807, 2.05) is 0 Å². The van der Waals surface area contributed by atoms with Crippen molar-refractivity contribution in [1.82, 2.24) is 5.32 Å². The molecule has 1 aromatic rings. The molecule has 0 radical (unpaired) electrons.